The number of aliphatic hydroxyl groups is 2. The molecule has 1 atom stereocenters. The van der Waals surface area contributed by atoms with Crippen molar-refractivity contribution in [2.45, 2.75) is 13.0 Å². The zero-order valence-electron chi connectivity index (χ0n) is 6.66. The summed E-state index contributed by atoms with van der Waals surface area (Å²) in [6, 6.07) is 1.75. The highest BCUT2D eigenvalue weighted by atomic mass is 35.5. The first kappa shape index (κ1) is 9.45. The van der Waals surface area contributed by atoms with Crippen LogP contribution < -0.4 is 0 Å². The molecule has 0 radical (unpaired) electrons. The molecule has 0 aliphatic carbocycles. The maximum atomic E-state index is 9.24. The fraction of sp³-hybridized carbons (Fsp3) is 0.375. The van der Waals surface area contributed by atoms with Crippen LogP contribution in [0.15, 0.2) is 12.3 Å². The molecule has 0 aliphatic rings. The largest absolute Gasteiger partial charge is 0.393 e. The number of halogens is 1. The van der Waals surface area contributed by atoms with Crippen LogP contribution in [0.5, 0.6) is 0 Å². The van der Waals surface area contributed by atoms with E-state index >= 15 is 0 Å². The number of rotatable bonds is 2. The molecule has 0 aliphatic heterocycles. The van der Waals surface area contributed by atoms with E-state index in [1.165, 1.54) is 0 Å². The normalized spacial score (nSPS) is 13.0. The molecule has 1 heterocycles. The topological polar surface area (TPSA) is 53.4 Å². The van der Waals surface area contributed by atoms with Gasteiger partial charge in [-0.1, -0.05) is 11.6 Å². The highest BCUT2D eigenvalue weighted by molar-refractivity contribution is 6.32. The van der Waals surface area contributed by atoms with Gasteiger partial charge >= 0.3 is 0 Å². The Labute approximate surface area is 75.6 Å². The molecule has 1 rings (SSSR count). The van der Waals surface area contributed by atoms with Crippen molar-refractivity contribution in [3.05, 3.63) is 28.5 Å². The minimum Gasteiger partial charge on any atom is -0.393 e. The standard InChI is InChI=1S/C8H10ClNO2/c1-5-2-3-10-8(7(5)9)6(12)4-11/h2-3,6,11-12H,4H2,1H3. The molecule has 0 saturated carbocycles. The van der Waals surface area contributed by atoms with Crippen molar-refractivity contribution >= 4 is 11.6 Å². The molecular weight excluding hydrogens is 178 g/mol. The lowest BCUT2D eigenvalue weighted by Crippen LogP contribution is -2.06. The van der Waals surface area contributed by atoms with E-state index in [2.05, 4.69) is 4.98 Å². The Morgan fingerprint density at radius 3 is 2.92 bits per heavy atom. The van der Waals surface area contributed by atoms with Crippen LogP contribution in [0.2, 0.25) is 5.02 Å². The third-order valence-corrected chi connectivity index (χ3v) is 2.09. The van der Waals surface area contributed by atoms with Crippen molar-refractivity contribution in [2.75, 3.05) is 6.61 Å². The third-order valence-electron chi connectivity index (χ3n) is 1.60. The molecule has 0 spiro atoms. The summed E-state index contributed by atoms with van der Waals surface area (Å²) in [5, 5.41) is 18.3. The van der Waals surface area contributed by atoms with Crippen LogP contribution in [-0.2, 0) is 0 Å². The molecule has 66 valence electrons. The van der Waals surface area contributed by atoms with Crippen molar-refractivity contribution in [3.8, 4) is 0 Å². The molecule has 2 N–H and O–H groups in total. The van der Waals surface area contributed by atoms with Gasteiger partial charge in [-0.15, -0.1) is 0 Å². The van der Waals surface area contributed by atoms with E-state index in [1.807, 2.05) is 6.92 Å². The number of aromatic nitrogens is 1. The number of aryl methyl sites for hydroxylation is 1. The van der Waals surface area contributed by atoms with Gasteiger partial charge in [0.25, 0.3) is 0 Å². The molecule has 0 amide bonds. The van der Waals surface area contributed by atoms with Gasteiger partial charge in [-0.25, -0.2) is 0 Å². The van der Waals surface area contributed by atoms with E-state index in [1.54, 1.807) is 12.3 Å². The van der Waals surface area contributed by atoms with Crippen molar-refractivity contribution < 1.29 is 10.2 Å². The van der Waals surface area contributed by atoms with E-state index in [4.69, 9.17) is 16.7 Å². The first-order valence-corrected chi connectivity index (χ1v) is 3.94. The molecule has 0 aromatic carbocycles. The lowest BCUT2D eigenvalue weighted by atomic mass is 10.2. The number of pyridine rings is 1. The third kappa shape index (κ3) is 1.75. The van der Waals surface area contributed by atoms with Crippen LogP contribution in [0.3, 0.4) is 0 Å². The smallest absolute Gasteiger partial charge is 0.120 e. The Kier molecular flexibility index (Phi) is 3.03. The Morgan fingerprint density at radius 1 is 1.67 bits per heavy atom. The van der Waals surface area contributed by atoms with Crippen LogP contribution in [0.4, 0.5) is 0 Å². The fourth-order valence-corrected chi connectivity index (χ4v) is 1.12. The summed E-state index contributed by atoms with van der Waals surface area (Å²) >= 11 is 5.83. The fourth-order valence-electron chi connectivity index (χ4n) is 0.880. The van der Waals surface area contributed by atoms with E-state index in [0.29, 0.717) is 10.7 Å². The van der Waals surface area contributed by atoms with E-state index < -0.39 is 6.10 Å². The second kappa shape index (κ2) is 3.85. The average Bonchev–Trinajstić information content (AvgIpc) is 2.08. The summed E-state index contributed by atoms with van der Waals surface area (Å²) < 4.78 is 0. The minimum atomic E-state index is -0.989. The zero-order chi connectivity index (χ0) is 9.14. The lowest BCUT2D eigenvalue weighted by molar-refractivity contribution is 0.0923. The quantitative estimate of drug-likeness (QED) is 0.728. The SMILES string of the molecule is Cc1ccnc(C(O)CO)c1Cl. The maximum absolute atomic E-state index is 9.24. The van der Waals surface area contributed by atoms with Crippen LogP contribution in [0.1, 0.15) is 17.4 Å². The van der Waals surface area contributed by atoms with Crippen LogP contribution in [0, 0.1) is 6.92 Å². The van der Waals surface area contributed by atoms with Crippen molar-refractivity contribution in [1.29, 1.82) is 0 Å². The Hall–Kier alpha value is -0.640. The predicted octanol–water partition coefficient (Wildman–Crippen LogP) is 1.07. The average molecular weight is 188 g/mol. The van der Waals surface area contributed by atoms with E-state index in [9.17, 15) is 5.11 Å². The van der Waals surface area contributed by atoms with Gasteiger partial charge in [0.05, 0.1) is 17.3 Å². The number of aliphatic hydroxyl groups excluding tert-OH is 2. The van der Waals surface area contributed by atoms with Gasteiger partial charge in [0, 0.05) is 6.20 Å². The maximum Gasteiger partial charge on any atom is 0.120 e. The summed E-state index contributed by atoms with van der Waals surface area (Å²) in [6.45, 7) is 1.45. The predicted molar refractivity (Wildman–Crippen MR) is 46.0 cm³/mol. The molecular formula is C8H10ClNO2. The lowest BCUT2D eigenvalue weighted by Gasteiger charge is -2.09. The molecule has 1 aromatic rings. The molecule has 0 fully saturated rings. The number of hydrogen-bond donors (Lipinski definition) is 2. The molecule has 3 nitrogen and oxygen atoms in total. The Morgan fingerprint density at radius 2 is 2.33 bits per heavy atom. The van der Waals surface area contributed by atoms with Crippen molar-refractivity contribution in [1.82, 2.24) is 4.98 Å². The van der Waals surface area contributed by atoms with Crippen LogP contribution >= 0.6 is 11.6 Å². The van der Waals surface area contributed by atoms with Crippen molar-refractivity contribution in [2.24, 2.45) is 0 Å². The summed E-state index contributed by atoms with van der Waals surface area (Å²) in [7, 11) is 0. The monoisotopic (exact) mass is 187 g/mol. The number of hydrogen-bond acceptors (Lipinski definition) is 3. The zero-order valence-corrected chi connectivity index (χ0v) is 7.41. The highest BCUT2D eigenvalue weighted by Gasteiger charge is 2.12. The van der Waals surface area contributed by atoms with Gasteiger partial charge < -0.3 is 10.2 Å². The summed E-state index contributed by atoms with van der Waals surface area (Å²) in [5.74, 6) is 0. The summed E-state index contributed by atoms with van der Waals surface area (Å²) in [4.78, 5) is 3.87. The minimum absolute atomic E-state index is 0.333. The molecule has 0 saturated heterocycles. The molecule has 4 heteroatoms. The second-order valence-electron chi connectivity index (χ2n) is 2.53. The van der Waals surface area contributed by atoms with Crippen LogP contribution in [0.25, 0.3) is 0 Å². The van der Waals surface area contributed by atoms with E-state index in [0.717, 1.165) is 5.56 Å². The first-order chi connectivity index (χ1) is 5.66. The first-order valence-electron chi connectivity index (χ1n) is 3.56. The molecule has 1 unspecified atom stereocenters. The van der Waals surface area contributed by atoms with Gasteiger partial charge in [0.15, 0.2) is 0 Å². The second-order valence-corrected chi connectivity index (χ2v) is 2.90. The highest BCUT2D eigenvalue weighted by Crippen LogP contribution is 2.23. The number of nitrogens with zero attached hydrogens (tertiary/aromatic N) is 1. The molecule has 12 heavy (non-hydrogen) atoms. The van der Waals surface area contributed by atoms with E-state index in [-0.39, 0.29) is 6.61 Å². The molecule has 1 aromatic heterocycles. The van der Waals surface area contributed by atoms with Crippen LogP contribution in [-0.4, -0.2) is 21.8 Å². The van der Waals surface area contributed by atoms with Crippen molar-refractivity contribution in [3.63, 3.8) is 0 Å². The van der Waals surface area contributed by atoms with Gasteiger partial charge in [0.1, 0.15) is 6.10 Å². The van der Waals surface area contributed by atoms with Gasteiger partial charge in [-0.2, -0.15) is 0 Å². The Bertz CT molecular complexity index is 278. The van der Waals surface area contributed by atoms with Gasteiger partial charge in [-0.3, -0.25) is 4.98 Å². The van der Waals surface area contributed by atoms with Gasteiger partial charge in [-0.05, 0) is 18.6 Å². The summed E-state index contributed by atoms with van der Waals surface area (Å²) in [6.07, 6.45) is 0.562. The molecule has 0 bridgehead atoms. The van der Waals surface area contributed by atoms with Gasteiger partial charge in [0.2, 0.25) is 0 Å². The Balaban J connectivity index is 3.07. The summed E-state index contributed by atoms with van der Waals surface area (Å²) in [5.41, 5.74) is 1.17.